The highest BCUT2D eigenvalue weighted by atomic mass is 32.2. The second-order valence-corrected chi connectivity index (χ2v) is 6.69. The molecule has 1 N–H and O–H groups in total. The fourth-order valence-electron chi connectivity index (χ4n) is 2.74. The van der Waals surface area contributed by atoms with Gasteiger partial charge in [0.05, 0.1) is 0 Å². The second-order valence-electron chi connectivity index (χ2n) is 5.81. The quantitative estimate of drug-likeness (QED) is 0.557. The lowest BCUT2D eigenvalue weighted by atomic mass is 9.93. The van der Waals surface area contributed by atoms with Crippen LogP contribution in [0, 0.1) is 22.5 Å². The van der Waals surface area contributed by atoms with Crippen molar-refractivity contribution in [3.63, 3.8) is 0 Å². The molecule has 0 aromatic heterocycles. The Balaban J connectivity index is 1.72. The molecular formula is C21H16FNOS. The maximum atomic E-state index is 13.8. The maximum Gasteiger partial charge on any atom is 0.138 e. The van der Waals surface area contributed by atoms with E-state index in [1.54, 1.807) is 12.1 Å². The zero-order valence-corrected chi connectivity index (χ0v) is 14.4. The molecule has 2 aliphatic rings. The highest BCUT2D eigenvalue weighted by Gasteiger charge is 2.13. The number of phenolic OH excluding ortho intramolecular Hbond substituents is 1. The van der Waals surface area contributed by atoms with Crippen LogP contribution in [0.3, 0.4) is 0 Å². The van der Waals surface area contributed by atoms with Gasteiger partial charge in [-0.15, -0.1) is 0 Å². The Morgan fingerprint density at radius 1 is 0.960 bits per heavy atom. The lowest BCUT2D eigenvalue weighted by molar-refractivity contribution is 0.475. The number of benzene rings is 1. The van der Waals surface area contributed by atoms with E-state index in [1.807, 2.05) is 23.6 Å². The molecule has 25 heavy (non-hydrogen) atoms. The van der Waals surface area contributed by atoms with Crippen molar-refractivity contribution in [3.05, 3.63) is 69.9 Å². The molecule has 0 heterocycles. The lowest BCUT2D eigenvalue weighted by Gasteiger charge is -2.12. The SMILES string of the molecule is N#CSC1=C(F)C=C(C#CC2=CC=C(c3ccc(O)cc3)CC2)CC1. The van der Waals surface area contributed by atoms with Gasteiger partial charge in [-0.05, 0) is 66.8 Å². The molecule has 0 aliphatic heterocycles. The number of hydrogen-bond donors (Lipinski definition) is 1. The van der Waals surface area contributed by atoms with Gasteiger partial charge in [0.25, 0.3) is 0 Å². The summed E-state index contributed by atoms with van der Waals surface area (Å²) in [6.07, 6.45) is 8.45. The van der Waals surface area contributed by atoms with Crippen LogP contribution >= 0.6 is 11.8 Å². The molecule has 0 radical (unpaired) electrons. The number of allylic oxidation sites excluding steroid dienone is 8. The number of nitrogens with zero attached hydrogens (tertiary/aromatic N) is 1. The molecule has 0 bridgehead atoms. The first-order chi connectivity index (χ1) is 12.2. The van der Waals surface area contributed by atoms with E-state index < -0.39 is 0 Å². The Labute approximate surface area is 151 Å². The molecule has 4 heteroatoms. The molecule has 0 unspecified atom stereocenters. The van der Waals surface area contributed by atoms with Gasteiger partial charge in [-0.25, -0.2) is 4.39 Å². The lowest BCUT2D eigenvalue weighted by Crippen LogP contribution is -1.94. The molecule has 0 atom stereocenters. The predicted molar refractivity (Wildman–Crippen MR) is 99.8 cm³/mol. The van der Waals surface area contributed by atoms with E-state index >= 15 is 0 Å². The number of rotatable bonds is 2. The number of hydrogen-bond acceptors (Lipinski definition) is 3. The van der Waals surface area contributed by atoms with Gasteiger partial charge < -0.3 is 5.11 Å². The Hall–Kier alpha value is -2.69. The van der Waals surface area contributed by atoms with E-state index in [4.69, 9.17) is 5.26 Å². The zero-order chi connectivity index (χ0) is 17.6. The van der Waals surface area contributed by atoms with Crippen molar-refractivity contribution in [2.45, 2.75) is 25.7 Å². The van der Waals surface area contributed by atoms with Gasteiger partial charge in [0, 0.05) is 16.1 Å². The summed E-state index contributed by atoms with van der Waals surface area (Å²) in [4.78, 5) is 0.492. The van der Waals surface area contributed by atoms with E-state index in [1.165, 1.54) is 11.6 Å². The van der Waals surface area contributed by atoms with Crippen LogP contribution in [0.5, 0.6) is 5.75 Å². The van der Waals surface area contributed by atoms with E-state index in [2.05, 4.69) is 17.9 Å². The first-order valence-corrected chi connectivity index (χ1v) is 8.83. The maximum absolute atomic E-state index is 13.8. The molecule has 3 rings (SSSR count). The van der Waals surface area contributed by atoms with Crippen LogP contribution in [0.15, 0.2) is 64.4 Å². The Morgan fingerprint density at radius 3 is 2.32 bits per heavy atom. The van der Waals surface area contributed by atoms with E-state index in [-0.39, 0.29) is 11.6 Å². The third-order valence-corrected chi connectivity index (χ3v) is 4.87. The van der Waals surface area contributed by atoms with Gasteiger partial charge in [-0.3, -0.25) is 0 Å². The molecule has 0 spiro atoms. The summed E-state index contributed by atoms with van der Waals surface area (Å²) >= 11 is 0.890. The molecule has 2 aliphatic carbocycles. The summed E-state index contributed by atoms with van der Waals surface area (Å²) in [5, 5.41) is 19.9. The summed E-state index contributed by atoms with van der Waals surface area (Å²) in [5.74, 6) is 6.12. The van der Waals surface area contributed by atoms with Crippen LogP contribution in [-0.4, -0.2) is 5.11 Å². The van der Waals surface area contributed by atoms with Crippen molar-refractivity contribution in [2.24, 2.45) is 0 Å². The minimum absolute atomic E-state index is 0.264. The van der Waals surface area contributed by atoms with Gasteiger partial charge in [0.15, 0.2) is 0 Å². The molecular weight excluding hydrogens is 333 g/mol. The third-order valence-electron chi connectivity index (χ3n) is 4.13. The van der Waals surface area contributed by atoms with Crippen LogP contribution in [0.4, 0.5) is 4.39 Å². The molecule has 2 nitrogen and oxygen atoms in total. The van der Waals surface area contributed by atoms with E-state index in [0.717, 1.165) is 41.3 Å². The number of nitriles is 1. The number of phenols is 1. The Bertz CT molecular complexity index is 902. The Kier molecular flexibility index (Phi) is 5.43. The van der Waals surface area contributed by atoms with Gasteiger partial charge >= 0.3 is 0 Å². The molecule has 0 saturated carbocycles. The van der Waals surface area contributed by atoms with Crippen molar-refractivity contribution in [1.29, 1.82) is 5.26 Å². The van der Waals surface area contributed by atoms with Crippen molar-refractivity contribution in [3.8, 4) is 23.0 Å². The molecule has 1 aromatic rings. The molecule has 1 aromatic carbocycles. The zero-order valence-electron chi connectivity index (χ0n) is 13.6. The van der Waals surface area contributed by atoms with Crippen molar-refractivity contribution in [1.82, 2.24) is 0 Å². The van der Waals surface area contributed by atoms with Gasteiger partial charge in [-0.1, -0.05) is 36.1 Å². The van der Waals surface area contributed by atoms with Gasteiger partial charge in [0.2, 0.25) is 0 Å². The summed E-state index contributed by atoms with van der Waals surface area (Å²) in [7, 11) is 0. The van der Waals surface area contributed by atoms with Crippen LogP contribution < -0.4 is 0 Å². The predicted octanol–water partition coefficient (Wildman–Crippen LogP) is 5.61. The average molecular weight is 349 g/mol. The van der Waals surface area contributed by atoms with Crippen LogP contribution in [-0.2, 0) is 0 Å². The van der Waals surface area contributed by atoms with Crippen molar-refractivity contribution < 1.29 is 9.50 Å². The summed E-state index contributed by atoms with van der Waals surface area (Å²) < 4.78 is 13.8. The summed E-state index contributed by atoms with van der Waals surface area (Å²) in [6.45, 7) is 0. The fraction of sp³-hybridized carbons (Fsp3) is 0.190. The monoisotopic (exact) mass is 349 g/mol. The van der Waals surface area contributed by atoms with Crippen LogP contribution in [0.2, 0.25) is 0 Å². The van der Waals surface area contributed by atoms with Crippen molar-refractivity contribution in [2.75, 3.05) is 0 Å². The molecule has 0 fully saturated rings. The first-order valence-electron chi connectivity index (χ1n) is 8.02. The number of aromatic hydroxyl groups is 1. The minimum atomic E-state index is -0.339. The molecule has 0 saturated heterocycles. The normalized spacial score (nSPS) is 16.9. The fourth-order valence-corrected chi connectivity index (χ4v) is 3.22. The Morgan fingerprint density at radius 2 is 1.68 bits per heavy atom. The molecule has 124 valence electrons. The topological polar surface area (TPSA) is 44.0 Å². The van der Waals surface area contributed by atoms with E-state index in [9.17, 15) is 9.50 Å². The highest BCUT2D eigenvalue weighted by Crippen LogP contribution is 2.32. The van der Waals surface area contributed by atoms with Gasteiger partial charge in [0.1, 0.15) is 17.0 Å². The van der Waals surface area contributed by atoms with Crippen LogP contribution in [0.1, 0.15) is 31.2 Å². The number of thioether (sulfide) groups is 1. The number of halogens is 1. The second kappa shape index (κ2) is 7.92. The van der Waals surface area contributed by atoms with Crippen molar-refractivity contribution >= 4 is 17.3 Å². The van der Waals surface area contributed by atoms with Gasteiger partial charge in [-0.2, -0.15) is 5.26 Å². The van der Waals surface area contributed by atoms with Crippen LogP contribution in [0.25, 0.3) is 5.57 Å². The minimum Gasteiger partial charge on any atom is -0.508 e. The third kappa shape index (κ3) is 4.44. The first kappa shape index (κ1) is 17.1. The summed E-state index contributed by atoms with van der Waals surface area (Å²) in [5.41, 5.74) is 4.12. The smallest absolute Gasteiger partial charge is 0.138 e. The highest BCUT2D eigenvalue weighted by molar-refractivity contribution is 8.07. The summed E-state index contributed by atoms with van der Waals surface area (Å²) in [6, 6.07) is 7.19. The average Bonchev–Trinajstić information content (AvgIpc) is 2.63. The number of thiocyanates is 1. The largest absolute Gasteiger partial charge is 0.508 e. The standard InChI is InChI=1S/C21H16FNOS/c22-20-13-16(5-12-21(20)25-14-23)2-1-15-3-6-17(7-4-15)18-8-10-19(24)11-9-18/h3,6,8-11,13,24H,4-5,7,12H2. The molecule has 0 amide bonds. The van der Waals surface area contributed by atoms with E-state index in [0.29, 0.717) is 17.7 Å².